The molecule has 1 saturated carbocycles. The summed E-state index contributed by atoms with van der Waals surface area (Å²) in [7, 11) is 0. The molecule has 8 heteroatoms. The molecule has 0 bridgehead atoms. The molecule has 1 aliphatic carbocycles. The predicted octanol–water partition coefficient (Wildman–Crippen LogP) is 4.18. The fourth-order valence-corrected chi connectivity index (χ4v) is 4.50. The molecule has 178 valence electrons. The second-order valence-corrected chi connectivity index (χ2v) is 8.86. The molecule has 0 aromatic heterocycles. The van der Waals surface area contributed by atoms with Gasteiger partial charge in [-0.15, -0.1) is 0 Å². The zero-order valence-electron chi connectivity index (χ0n) is 19.2. The fourth-order valence-electron chi connectivity index (χ4n) is 4.50. The minimum atomic E-state index is -1.10. The van der Waals surface area contributed by atoms with E-state index in [4.69, 9.17) is 4.74 Å². The lowest BCUT2D eigenvalue weighted by Gasteiger charge is -2.29. The highest BCUT2D eigenvalue weighted by atomic mass is 19.1. The molecule has 0 spiro atoms. The minimum absolute atomic E-state index is 0.0941. The SMILES string of the molecule is C[C@H](NC(=O)[C@@H](C)OC(=O)c1ccc2c(c1)C(=O)N(C1CCCCC1)C2=O)c1ccc(F)cc1. The molecular weight excluding hydrogens is 439 g/mol. The van der Waals surface area contributed by atoms with E-state index in [0.717, 1.165) is 32.1 Å². The van der Waals surface area contributed by atoms with Gasteiger partial charge in [-0.1, -0.05) is 31.4 Å². The number of benzene rings is 2. The van der Waals surface area contributed by atoms with Crippen LogP contribution in [0.25, 0.3) is 0 Å². The molecule has 1 heterocycles. The average molecular weight is 467 g/mol. The Bertz CT molecular complexity index is 1120. The van der Waals surface area contributed by atoms with Gasteiger partial charge in [-0.25, -0.2) is 9.18 Å². The first-order chi connectivity index (χ1) is 16.3. The van der Waals surface area contributed by atoms with Crippen LogP contribution in [0.2, 0.25) is 0 Å². The van der Waals surface area contributed by atoms with Gasteiger partial charge in [-0.05, 0) is 62.6 Å². The highest BCUT2D eigenvalue weighted by Crippen LogP contribution is 2.31. The van der Waals surface area contributed by atoms with E-state index in [1.165, 1.54) is 42.2 Å². The maximum Gasteiger partial charge on any atom is 0.338 e. The summed E-state index contributed by atoms with van der Waals surface area (Å²) in [6, 6.07) is 9.48. The van der Waals surface area contributed by atoms with E-state index in [-0.39, 0.29) is 40.4 Å². The molecule has 0 radical (unpaired) electrons. The van der Waals surface area contributed by atoms with Gasteiger partial charge in [-0.2, -0.15) is 0 Å². The Morgan fingerprint density at radius 2 is 1.62 bits per heavy atom. The number of hydrogen-bond acceptors (Lipinski definition) is 5. The zero-order chi connectivity index (χ0) is 24.4. The van der Waals surface area contributed by atoms with E-state index < -0.39 is 24.0 Å². The summed E-state index contributed by atoms with van der Waals surface area (Å²) >= 11 is 0. The quantitative estimate of drug-likeness (QED) is 0.509. The normalized spacial score (nSPS) is 17.8. The van der Waals surface area contributed by atoms with Crippen LogP contribution in [-0.2, 0) is 9.53 Å². The lowest BCUT2D eigenvalue weighted by atomic mass is 9.94. The molecule has 1 N–H and O–H groups in total. The van der Waals surface area contributed by atoms with Crippen molar-refractivity contribution in [3.05, 3.63) is 70.5 Å². The summed E-state index contributed by atoms with van der Waals surface area (Å²) in [5.41, 5.74) is 1.27. The third-order valence-corrected chi connectivity index (χ3v) is 6.48. The van der Waals surface area contributed by atoms with Crippen LogP contribution in [0.15, 0.2) is 42.5 Å². The van der Waals surface area contributed by atoms with Crippen molar-refractivity contribution >= 4 is 23.7 Å². The van der Waals surface area contributed by atoms with Crippen molar-refractivity contribution in [3.63, 3.8) is 0 Å². The van der Waals surface area contributed by atoms with Crippen molar-refractivity contribution in [1.29, 1.82) is 0 Å². The Hall–Kier alpha value is -3.55. The number of carbonyl (C=O) groups is 4. The highest BCUT2D eigenvalue weighted by Gasteiger charge is 2.40. The van der Waals surface area contributed by atoms with E-state index >= 15 is 0 Å². The van der Waals surface area contributed by atoms with Crippen LogP contribution < -0.4 is 5.32 Å². The minimum Gasteiger partial charge on any atom is -0.449 e. The summed E-state index contributed by atoms with van der Waals surface area (Å²) in [5.74, 6) is -2.37. The van der Waals surface area contributed by atoms with Gasteiger partial charge in [0.25, 0.3) is 17.7 Å². The summed E-state index contributed by atoms with van der Waals surface area (Å²) < 4.78 is 18.4. The number of imide groups is 1. The molecule has 1 fully saturated rings. The number of halogens is 1. The van der Waals surface area contributed by atoms with Crippen molar-refractivity contribution in [2.24, 2.45) is 0 Å². The van der Waals surface area contributed by atoms with Gasteiger partial charge in [0.1, 0.15) is 5.82 Å². The highest BCUT2D eigenvalue weighted by molar-refractivity contribution is 6.22. The Kier molecular flexibility index (Phi) is 6.77. The van der Waals surface area contributed by atoms with Crippen LogP contribution in [0.1, 0.15) is 88.6 Å². The van der Waals surface area contributed by atoms with Gasteiger partial charge in [-0.3, -0.25) is 19.3 Å². The zero-order valence-corrected chi connectivity index (χ0v) is 19.2. The Labute approximate surface area is 197 Å². The van der Waals surface area contributed by atoms with E-state index in [9.17, 15) is 23.6 Å². The Morgan fingerprint density at radius 1 is 0.971 bits per heavy atom. The first-order valence-corrected chi connectivity index (χ1v) is 11.5. The number of rotatable bonds is 6. The second kappa shape index (κ2) is 9.75. The number of carbonyl (C=O) groups excluding carboxylic acids is 4. The summed E-state index contributed by atoms with van der Waals surface area (Å²) in [6.45, 7) is 3.18. The summed E-state index contributed by atoms with van der Waals surface area (Å²) in [6.07, 6.45) is 3.56. The Balaban J connectivity index is 1.40. The third-order valence-electron chi connectivity index (χ3n) is 6.48. The molecular formula is C26H27FN2O5. The fraction of sp³-hybridized carbons (Fsp3) is 0.385. The molecule has 2 aromatic rings. The van der Waals surface area contributed by atoms with Gasteiger partial charge >= 0.3 is 5.97 Å². The van der Waals surface area contributed by atoms with Crippen molar-refractivity contribution in [2.45, 2.75) is 64.1 Å². The molecule has 4 rings (SSSR count). The van der Waals surface area contributed by atoms with Gasteiger partial charge in [0, 0.05) is 6.04 Å². The van der Waals surface area contributed by atoms with Gasteiger partial charge in [0.2, 0.25) is 0 Å². The summed E-state index contributed by atoms with van der Waals surface area (Å²) in [4.78, 5) is 52.3. The third kappa shape index (κ3) is 4.71. The second-order valence-electron chi connectivity index (χ2n) is 8.86. The average Bonchev–Trinajstić information content (AvgIpc) is 3.09. The number of ether oxygens (including phenoxy) is 1. The van der Waals surface area contributed by atoms with Crippen LogP contribution >= 0.6 is 0 Å². The first kappa shape index (κ1) is 23.6. The van der Waals surface area contributed by atoms with E-state index in [0.29, 0.717) is 5.56 Å². The van der Waals surface area contributed by atoms with Gasteiger partial charge in [0.05, 0.1) is 22.7 Å². The van der Waals surface area contributed by atoms with Crippen molar-refractivity contribution < 1.29 is 28.3 Å². The largest absolute Gasteiger partial charge is 0.449 e. The number of hydrogen-bond donors (Lipinski definition) is 1. The molecule has 1 aliphatic heterocycles. The van der Waals surface area contributed by atoms with Crippen LogP contribution in [0, 0.1) is 5.82 Å². The molecule has 2 atom stereocenters. The van der Waals surface area contributed by atoms with Crippen LogP contribution in [-0.4, -0.2) is 40.7 Å². The van der Waals surface area contributed by atoms with Crippen LogP contribution in [0.4, 0.5) is 4.39 Å². The first-order valence-electron chi connectivity index (χ1n) is 11.5. The molecule has 0 saturated heterocycles. The molecule has 34 heavy (non-hydrogen) atoms. The standard InChI is InChI=1S/C26H27FN2O5/c1-15(17-8-11-19(27)12-9-17)28-23(30)16(2)34-26(33)18-10-13-21-22(14-18)25(32)29(24(21)31)20-6-4-3-5-7-20/h8-16,20H,3-7H2,1-2H3,(H,28,30)/t15-,16+/m0/s1. The van der Waals surface area contributed by atoms with Crippen molar-refractivity contribution in [1.82, 2.24) is 10.2 Å². The van der Waals surface area contributed by atoms with Crippen molar-refractivity contribution in [3.8, 4) is 0 Å². The van der Waals surface area contributed by atoms with Crippen molar-refractivity contribution in [2.75, 3.05) is 0 Å². The van der Waals surface area contributed by atoms with E-state index in [1.54, 1.807) is 19.1 Å². The maximum atomic E-state index is 13.1. The Morgan fingerprint density at radius 3 is 2.29 bits per heavy atom. The smallest absolute Gasteiger partial charge is 0.338 e. The monoisotopic (exact) mass is 466 g/mol. The molecule has 2 aromatic carbocycles. The molecule has 7 nitrogen and oxygen atoms in total. The lowest BCUT2D eigenvalue weighted by molar-refractivity contribution is -0.129. The van der Waals surface area contributed by atoms with Gasteiger partial charge in [0.15, 0.2) is 6.10 Å². The van der Waals surface area contributed by atoms with Crippen LogP contribution in [0.5, 0.6) is 0 Å². The number of nitrogens with one attached hydrogen (secondary N) is 1. The molecule has 0 unspecified atom stereocenters. The van der Waals surface area contributed by atoms with Gasteiger partial charge < -0.3 is 10.1 Å². The van der Waals surface area contributed by atoms with Crippen LogP contribution in [0.3, 0.4) is 0 Å². The predicted molar refractivity (Wildman–Crippen MR) is 122 cm³/mol. The number of amides is 3. The number of nitrogens with zero attached hydrogens (tertiary/aromatic N) is 1. The lowest BCUT2D eigenvalue weighted by Crippen LogP contribution is -2.40. The number of fused-ring (bicyclic) bond motifs is 1. The van der Waals surface area contributed by atoms with E-state index in [1.807, 2.05) is 0 Å². The molecule has 3 amide bonds. The maximum absolute atomic E-state index is 13.1. The summed E-state index contributed by atoms with van der Waals surface area (Å²) in [5, 5.41) is 2.72. The van der Waals surface area contributed by atoms with E-state index in [2.05, 4.69) is 5.32 Å². The number of esters is 1. The topological polar surface area (TPSA) is 92.8 Å². The molecule has 2 aliphatic rings.